The first kappa shape index (κ1) is 36.7. The topological polar surface area (TPSA) is 158 Å². The van der Waals surface area contributed by atoms with Gasteiger partial charge < -0.3 is 20.9 Å². The number of allylic oxidation sites excluding steroid dienone is 1. The summed E-state index contributed by atoms with van der Waals surface area (Å²) in [7, 11) is 0. The molecule has 0 radical (unpaired) electrons. The van der Waals surface area contributed by atoms with Crippen molar-refractivity contribution in [1.82, 2.24) is 10.2 Å². The minimum absolute atomic E-state index is 0.0390. The van der Waals surface area contributed by atoms with Crippen molar-refractivity contribution in [2.24, 2.45) is 22.1 Å². The number of aliphatic imine (C=N–C) groups is 1. The van der Waals surface area contributed by atoms with Gasteiger partial charge in [0.05, 0.1) is 39.6 Å². The standard InChI is InChI=1S/C39H40F3N7O5/c1-37(2,36(54)45-29-8-5-25(39(40,41)42)17-31(29)47-15-13-38(11-12-38)14-16-47)44-20-23(19-43)3-4-24-21-48(22-24)26-6-7-27-28(18-26)35(53)49(34(27)52)30-9-10-32(50)46-33(30)51/h5-8,17-20,24,30H,9-16,21-22,43H2,1-2H3,(H,45,54)(H,46,50,51). The Labute approximate surface area is 310 Å². The van der Waals surface area contributed by atoms with Crippen molar-refractivity contribution in [2.45, 2.75) is 70.1 Å². The van der Waals surface area contributed by atoms with Crippen LogP contribution < -0.4 is 26.2 Å². The van der Waals surface area contributed by atoms with E-state index in [2.05, 4.69) is 27.5 Å². The van der Waals surface area contributed by atoms with Crippen LogP contribution >= 0.6 is 0 Å². The van der Waals surface area contributed by atoms with Gasteiger partial charge in [-0.15, -0.1) is 0 Å². The first-order valence-electron chi connectivity index (χ1n) is 17.9. The van der Waals surface area contributed by atoms with E-state index >= 15 is 0 Å². The normalized spacial score (nSPS) is 21.5. The molecule has 15 heteroatoms. The van der Waals surface area contributed by atoms with E-state index in [1.807, 2.05) is 9.80 Å². The van der Waals surface area contributed by atoms with E-state index in [0.717, 1.165) is 42.7 Å². The van der Waals surface area contributed by atoms with Gasteiger partial charge in [-0.2, -0.15) is 13.2 Å². The van der Waals surface area contributed by atoms with E-state index in [1.165, 1.54) is 18.5 Å². The van der Waals surface area contributed by atoms with Crippen LogP contribution in [0.15, 0.2) is 53.2 Å². The molecule has 3 saturated heterocycles. The lowest BCUT2D eigenvalue weighted by molar-refractivity contribution is -0.138. The Morgan fingerprint density at radius 2 is 1.69 bits per heavy atom. The summed E-state index contributed by atoms with van der Waals surface area (Å²) in [4.78, 5) is 72.9. The molecular weight excluding hydrogens is 703 g/mol. The highest BCUT2D eigenvalue weighted by Gasteiger charge is 2.46. The predicted molar refractivity (Wildman–Crippen MR) is 195 cm³/mol. The van der Waals surface area contributed by atoms with Crippen LogP contribution in [-0.4, -0.2) is 78.4 Å². The number of nitrogens with two attached hydrogens (primary N) is 1. The number of nitrogens with one attached hydrogen (secondary N) is 2. The number of benzene rings is 2. The number of fused-ring (bicyclic) bond motifs is 1. The number of halogens is 3. The van der Waals surface area contributed by atoms with Crippen molar-refractivity contribution in [3.63, 3.8) is 0 Å². The third-order valence-corrected chi connectivity index (χ3v) is 11.0. The van der Waals surface area contributed by atoms with Gasteiger partial charge in [0.25, 0.3) is 17.7 Å². The molecule has 2 aromatic carbocycles. The number of carbonyl (C=O) groups is 5. The number of anilines is 3. The van der Waals surface area contributed by atoms with Crippen molar-refractivity contribution in [3.8, 4) is 11.8 Å². The van der Waals surface area contributed by atoms with Gasteiger partial charge in [0, 0.05) is 50.7 Å². The zero-order chi connectivity index (χ0) is 38.6. The van der Waals surface area contributed by atoms with Crippen LogP contribution in [0.1, 0.15) is 78.7 Å². The molecule has 4 fully saturated rings. The van der Waals surface area contributed by atoms with Crippen LogP contribution in [0.25, 0.3) is 0 Å². The van der Waals surface area contributed by atoms with E-state index in [1.54, 1.807) is 32.0 Å². The Balaban J connectivity index is 0.964. The fourth-order valence-corrected chi connectivity index (χ4v) is 7.28. The first-order valence-corrected chi connectivity index (χ1v) is 17.9. The number of alkyl halides is 3. The summed E-state index contributed by atoms with van der Waals surface area (Å²) < 4.78 is 41.0. The molecule has 4 aliphatic heterocycles. The van der Waals surface area contributed by atoms with E-state index < -0.39 is 52.9 Å². The molecule has 54 heavy (non-hydrogen) atoms. The van der Waals surface area contributed by atoms with Crippen LogP contribution in [0.3, 0.4) is 0 Å². The van der Waals surface area contributed by atoms with Crippen LogP contribution in [0.4, 0.5) is 30.2 Å². The van der Waals surface area contributed by atoms with Crippen molar-refractivity contribution >= 4 is 52.8 Å². The summed E-state index contributed by atoms with van der Waals surface area (Å²) in [6.45, 7) is 5.47. The lowest BCUT2D eigenvalue weighted by Crippen LogP contribution is -2.54. The maximum Gasteiger partial charge on any atom is 0.416 e. The second kappa shape index (κ2) is 13.6. The molecule has 2 aromatic rings. The SMILES string of the molecule is CC(C)(N=CC(C#CC1CN(c2ccc3c(c2)C(=O)N(C2CCC(=O)NC2=O)C3=O)C1)=CN)C(=O)Nc1ccc(C(F)(F)F)cc1N1CCC2(CC1)CC2. The number of nitrogens with zero attached hydrogens (tertiary/aromatic N) is 4. The fourth-order valence-electron chi connectivity index (χ4n) is 7.28. The molecule has 12 nitrogen and oxygen atoms in total. The Morgan fingerprint density at radius 3 is 2.33 bits per heavy atom. The largest absolute Gasteiger partial charge is 0.416 e. The molecule has 1 atom stereocenters. The maximum atomic E-state index is 13.7. The molecule has 5 aliphatic rings. The molecular formula is C39H40F3N7O5. The molecule has 5 amide bonds. The van der Waals surface area contributed by atoms with Crippen molar-refractivity contribution in [1.29, 1.82) is 0 Å². The van der Waals surface area contributed by atoms with E-state index in [-0.39, 0.29) is 35.6 Å². The molecule has 7 rings (SSSR count). The average molecular weight is 744 g/mol. The number of carbonyl (C=O) groups excluding carboxylic acids is 5. The van der Waals surface area contributed by atoms with Gasteiger partial charge in [-0.05, 0) is 87.8 Å². The van der Waals surface area contributed by atoms with E-state index in [4.69, 9.17) is 5.73 Å². The van der Waals surface area contributed by atoms with Gasteiger partial charge in [-0.25, -0.2) is 0 Å². The van der Waals surface area contributed by atoms with Crippen molar-refractivity contribution in [3.05, 3.63) is 64.9 Å². The summed E-state index contributed by atoms with van der Waals surface area (Å²) >= 11 is 0. The quantitative estimate of drug-likeness (QED) is 0.216. The van der Waals surface area contributed by atoms with Crippen LogP contribution in [-0.2, 0) is 20.6 Å². The zero-order valence-corrected chi connectivity index (χ0v) is 29.9. The Kier molecular flexibility index (Phi) is 9.27. The lowest BCUT2D eigenvalue weighted by atomic mass is 9.93. The Hall–Kier alpha value is -5.65. The summed E-state index contributed by atoms with van der Waals surface area (Å²) in [5.74, 6) is 3.31. The number of hydrogen-bond donors (Lipinski definition) is 3. The summed E-state index contributed by atoms with van der Waals surface area (Å²) in [5, 5.41) is 5.00. The molecule has 1 saturated carbocycles. The van der Waals surface area contributed by atoms with Gasteiger partial charge >= 0.3 is 6.18 Å². The molecule has 1 spiro atoms. The molecule has 4 N–H and O–H groups in total. The van der Waals surface area contributed by atoms with E-state index in [9.17, 15) is 37.1 Å². The molecule has 0 aromatic heterocycles. The second-order valence-corrected chi connectivity index (χ2v) is 15.2. The van der Waals surface area contributed by atoms with Crippen LogP contribution in [0, 0.1) is 23.2 Å². The van der Waals surface area contributed by atoms with Gasteiger partial charge in [0.2, 0.25) is 11.8 Å². The van der Waals surface area contributed by atoms with Gasteiger partial charge in [-0.1, -0.05) is 11.8 Å². The first-order chi connectivity index (χ1) is 25.6. The maximum absolute atomic E-state index is 13.7. The highest BCUT2D eigenvalue weighted by Crippen LogP contribution is 2.54. The van der Waals surface area contributed by atoms with Gasteiger partial charge in [-0.3, -0.25) is 39.2 Å². The second-order valence-electron chi connectivity index (χ2n) is 15.2. The molecule has 1 unspecified atom stereocenters. The zero-order valence-electron chi connectivity index (χ0n) is 29.9. The number of hydrogen-bond acceptors (Lipinski definition) is 9. The van der Waals surface area contributed by atoms with Crippen LogP contribution in [0.5, 0.6) is 0 Å². The third kappa shape index (κ3) is 7.16. The summed E-state index contributed by atoms with van der Waals surface area (Å²) in [6.07, 6.45) is 2.38. The lowest BCUT2D eigenvalue weighted by Gasteiger charge is -2.38. The minimum Gasteiger partial charge on any atom is -0.404 e. The fraction of sp³-hybridized carbons (Fsp3) is 0.436. The summed E-state index contributed by atoms with van der Waals surface area (Å²) in [5.41, 5.74) is 6.16. The molecule has 1 aliphatic carbocycles. The molecule has 282 valence electrons. The Bertz CT molecular complexity index is 2060. The predicted octanol–water partition coefficient (Wildman–Crippen LogP) is 4.26. The number of piperidine rings is 2. The highest BCUT2D eigenvalue weighted by atomic mass is 19.4. The van der Waals surface area contributed by atoms with Gasteiger partial charge in [0.15, 0.2) is 0 Å². The minimum atomic E-state index is -4.52. The number of rotatable bonds is 7. The van der Waals surface area contributed by atoms with E-state index in [0.29, 0.717) is 48.5 Å². The van der Waals surface area contributed by atoms with Crippen molar-refractivity contribution < 1.29 is 37.1 Å². The smallest absolute Gasteiger partial charge is 0.404 e. The van der Waals surface area contributed by atoms with Crippen LogP contribution in [0.2, 0.25) is 0 Å². The summed E-state index contributed by atoms with van der Waals surface area (Å²) in [6, 6.07) is 7.25. The highest BCUT2D eigenvalue weighted by molar-refractivity contribution is 6.23. The molecule has 0 bridgehead atoms. The number of amides is 5. The molecule has 4 heterocycles. The average Bonchev–Trinajstić information content (AvgIpc) is 3.82. The Morgan fingerprint density at radius 1 is 0.981 bits per heavy atom. The number of imide groups is 2. The van der Waals surface area contributed by atoms with Crippen molar-refractivity contribution in [2.75, 3.05) is 41.3 Å². The van der Waals surface area contributed by atoms with Gasteiger partial charge in [0.1, 0.15) is 11.6 Å². The third-order valence-electron chi connectivity index (χ3n) is 11.0. The monoisotopic (exact) mass is 743 g/mol.